The number of halogens is 2. The summed E-state index contributed by atoms with van der Waals surface area (Å²) in [5.74, 6) is 0.899. The molecule has 0 N–H and O–H groups in total. The van der Waals surface area contributed by atoms with Crippen molar-refractivity contribution in [2.24, 2.45) is 0 Å². The van der Waals surface area contributed by atoms with Crippen LogP contribution < -0.4 is 4.74 Å². The lowest BCUT2D eigenvalue weighted by molar-refractivity contribution is 0.300. The molecule has 23 heavy (non-hydrogen) atoms. The Morgan fingerprint density at radius 3 is 2.57 bits per heavy atom. The van der Waals surface area contributed by atoms with Crippen molar-refractivity contribution in [3.05, 3.63) is 59.2 Å². The molecule has 1 aromatic carbocycles. The summed E-state index contributed by atoms with van der Waals surface area (Å²) in [6.07, 6.45) is 0.289. The van der Waals surface area contributed by atoms with E-state index in [2.05, 4.69) is 15.2 Å². The summed E-state index contributed by atoms with van der Waals surface area (Å²) in [5.41, 5.74) is 1.36. The fraction of sp³-hybridized carbons (Fsp3) is 0.188. The van der Waals surface area contributed by atoms with Crippen LogP contribution in [0.2, 0.25) is 5.02 Å². The summed E-state index contributed by atoms with van der Waals surface area (Å²) < 4.78 is 23.9. The van der Waals surface area contributed by atoms with Gasteiger partial charge in [0, 0.05) is 11.2 Å². The number of hydrogen-bond donors (Lipinski definition) is 0. The summed E-state index contributed by atoms with van der Waals surface area (Å²) in [6.45, 7) is 1.66. The highest BCUT2D eigenvalue weighted by Gasteiger charge is 2.14. The van der Waals surface area contributed by atoms with Gasteiger partial charge in [-0.25, -0.2) is 4.39 Å². The minimum Gasteiger partial charge on any atom is -0.487 e. The second-order valence-electron chi connectivity index (χ2n) is 4.84. The first kappa shape index (κ1) is 15.4. The molecule has 1 unspecified atom stereocenters. The highest BCUT2D eigenvalue weighted by Crippen LogP contribution is 2.22. The van der Waals surface area contributed by atoms with E-state index in [-0.39, 0.29) is 11.8 Å². The maximum Gasteiger partial charge on any atom is 0.250 e. The molecule has 0 spiro atoms. The van der Waals surface area contributed by atoms with E-state index in [9.17, 15) is 4.39 Å². The lowest BCUT2D eigenvalue weighted by atomic mass is 10.2. The minimum atomic E-state index is -1.30. The molecule has 118 valence electrons. The first-order valence-corrected chi connectivity index (χ1v) is 7.31. The van der Waals surface area contributed by atoms with Crippen LogP contribution in [0.1, 0.15) is 24.7 Å². The third-order valence-corrected chi connectivity index (χ3v) is 3.30. The number of hydrogen-bond acceptors (Lipinski definition) is 5. The molecule has 0 fully saturated rings. The topological polar surface area (TPSA) is 61.0 Å². The molecule has 0 bridgehead atoms. The summed E-state index contributed by atoms with van der Waals surface area (Å²) >= 11 is 5.81. The molecule has 0 amide bonds. The van der Waals surface area contributed by atoms with Gasteiger partial charge < -0.3 is 9.15 Å². The second kappa shape index (κ2) is 6.75. The highest BCUT2D eigenvalue weighted by atomic mass is 35.5. The van der Waals surface area contributed by atoms with E-state index >= 15 is 0 Å². The van der Waals surface area contributed by atoms with Gasteiger partial charge >= 0.3 is 0 Å². The van der Waals surface area contributed by atoms with Crippen LogP contribution in [-0.4, -0.2) is 15.2 Å². The summed E-state index contributed by atoms with van der Waals surface area (Å²) in [7, 11) is 0. The average Bonchev–Trinajstić information content (AvgIpc) is 3.05. The van der Waals surface area contributed by atoms with Crippen molar-refractivity contribution in [2.75, 3.05) is 0 Å². The third kappa shape index (κ3) is 3.84. The second-order valence-corrected chi connectivity index (χ2v) is 5.28. The molecule has 1 atom stereocenters. The Balaban J connectivity index is 1.65. The van der Waals surface area contributed by atoms with Gasteiger partial charge in [0.15, 0.2) is 6.17 Å². The molecule has 0 aliphatic carbocycles. The Hall–Kier alpha value is -2.47. The van der Waals surface area contributed by atoms with Crippen molar-refractivity contribution in [1.82, 2.24) is 15.2 Å². The molecule has 0 saturated heterocycles. The van der Waals surface area contributed by atoms with Crippen molar-refractivity contribution < 1.29 is 13.5 Å². The van der Waals surface area contributed by atoms with Crippen molar-refractivity contribution in [2.45, 2.75) is 19.7 Å². The number of benzene rings is 1. The molecular formula is C16H13ClFN3O2. The number of aromatic nitrogens is 3. The lowest BCUT2D eigenvalue weighted by Gasteiger charge is -2.05. The molecule has 0 aliphatic rings. The van der Waals surface area contributed by atoms with E-state index in [4.69, 9.17) is 20.8 Å². The standard InChI is InChI=1S/C16H13ClFN3O2/c1-10(18)15-20-21-16(23-15)11-2-5-13(19-8-11)9-22-14-6-3-12(17)4-7-14/h2-8,10H,9H2,1H3. The molecular weight excluding hydrogens is 321 g/mol. The summed E-state index contributed by atoms with van der Waals surface area (Å²) in [5, 5.41) is 8.10. The van der Waals surface area contributed by atoms with Gasteiger partial charge in [-0.3, -0.25) is 4.98 Å². The molecule has 3 aromatic rings. The van der Waals surface area contributed by atoms with Crippen molar-refractivity contribution in [1.29, 1.82) is 0 Å². The fourth-order valence-electron chi connectivity index (χ4n) is 1.84. The van der Waals surface area contributed by atoms with Gasteiger partial charge in [-0.2, -0.15) is 0 Å². The van der Waals surface area contributed by atoms with Gasteiger partial charge in [-0.05, 0) is 43.3 Å². The largest absolute Gasteiger partial charge is 0.487 e. The van der Waals surface area contributed by atoms with Gasteiger partial charge in [-0.1, -0.05) is 11.6 Å². The summed E-state index contributed by atoms with van der Waals surface area (Å²) in [4.78, 5) is 4.27. The Bertz CT molecular complexity index is 773. The molecule has 0 saturated carbocycles. The zero-order chi connectivity index (χ0) is 16.2. The fourth-order valence-corrected chi connectivity index (χ4v) is 1.96. The third-order valence-electron chi connectivity index (χ3n) is 3.05. The number of rotatable bonds is 5. The average molecular weight is 334 g/mol. The molecule has 0 aliphatic heterocycles. The summed E-state index contributed by atoms with van der Waals surface area (Å²) in [6, 6.07) is 10.6. The predicted molar refractivity (Wildman–Crippen MR) is 82.8 cm³/mol. The minimum absolute atomic E-state index is 0.0462. The molecule has 0 radical (unpaired) electrons. The van der Waals surface area contributed by atoms with Crippen LogP contribution in [0.25, 0.3) is 11.5 Å². The first-order chi connectivity index (χ1) is 11.1. The highest BCUT2D eigenvalue weighted by molar-refractivity contribution is 6.30. The number of nitrogens with zero attached hydrogens (tertiary/aromatic N) is 3. The monoisotopic (exact) mass is 333 g/mol. The Labute approximate surface area is 137 Å². The van der Waals surface area contributed by atoms with Crippen LogP contribution in [0.4, 0.5) is 4.39 Å². The van der Waals surface area contributed by atoms with E-state index in [1.165, 1.54) is 6.92 Å². The lowest BCUT2D eigenvalue weighted by Crippen LogP contribution is -1.98. The maximum atomic E-state index is 13.1. The number of ether oxygens (including phenoxy) is 1. The van der Waals surface area contributed by atoms with Crippen molar-refractivity contribution in [3.8, 4) is 17.2 Å². The van der Waals surface area contributed by atoms with Gasteiger partial charge in [0.25, 0.3) is 5.89 Å². The van der Waals surface area contributed by atoms with E-state index < -0.39 is 6.17 Å². The van der Waals surface area contributed by atoms with Crippen LogP contribution in [0, 0.1) is 0 Å². The van der Waals surface area contributed by atoms with Gasteiger partial charge in [-0.15, -0.1) is 10.2 Å². The van der Waals surface area contributed by atoms with E-state index in [0.717, 1.165) is 5.69 Å². The van der Waals surface area contributed by atoms with E-state index in [1.54, 1.807) is 42.6 Å². The van der Waals surface area contributed by atoms with Gasteiger partial charge in [0.1, 0.15) is 12.4 Å². The van der Waals surface area contributed by atoms with Crippen LogP contribution in [-0.2, 0) is 6.61 Å². The van der Waals surface area contributed by atoms with E-state index in [0.29, 0.717) is 22.9 Å². The van der Waals surface area contributed by atoms with Crippen molar-refractivity contribution in [3.63, 3.8) is 0 Å². The van der Waals surface area contributed by atoms with Gasteiger partial charge in [0.05, 0.1) is 11.3 Å². The predicted octanol–water partition coefficient (Wildman–Crippen LogP) is 4.39. The first-order valence-electron chi connectivity index (χ1n) is 6.93. The molecule has 2 heterocycles. The smallest absolute Gasteiger partial charge is 0.250 e. The Morgan fingerprint density at radius 1 is 1.17 bits per heavy atom. The zero-order valence-corrected chi connectivity index (χ0v) is 13.0. The number of pyridine rings is 1. The van der Waals surface area contributed by atoms with Crippen LogP contribution in [0.3, 0.4) is 0 Å². The van der Waals surface area contributed by atoms with Crippen LogP contribution in [0.15, 0.2) is 47.0 Å². The quantitative estimate of drug-likeness (QED) is 0.692. The van der Waals surface area contributed by atoms with Crippen LogP contribution >= 0.6 is 11.6 Å². The molecule has 5 nitrogen and oxygen atoms in total. The number of alkyl halides is 1. The van der Waals surface area contributed by atoms with E-state index in [1.807, 2.05) is 0 Å². The Kier molecular flexibility index (Phi) is 4.52. The Morgan fingerprint density at radius 2 is 1.96 bits per heavy atom. The zero-order valence-electron chi connectivity index (χ0n) is 12.2. The molecule has 2 aromatic heterocycles. The maximum absolute atomic E-state index is 13.1. The van der Waals surface area contributed by atoms with Crippen LogP contribution in [0.5, 0.6) is 5.75 Å². The molecule has 7 heteroatoms. The SMILES string of the molecule is CC(F)c1nnc(-c2ccc(COc3ccc(Cl)cc3)nc2)o1. The van der Waals surface area contributed by atoms with Crippen molar-refractivity contribution >= 4 is 11.6 Å². The normalized spacial score (nSPS) is 12.1. The molecule has 3 rings (SSSR count). The van der Waals surface area contributed by atoms with Gasteiger partial charge in [0.2, 0.25) is 5.89 Å².